The normalized spacial score (nSPS) is 10.5. The zero-order valence-electron chi connectivity index (χ0n) is 15.1. The first-order chi connectivity index (χ1) is 10.9. The third-order valence-electron chi connectivity index (χ3n) is 4.23. The molecule has 0 aromatic heterocycles. The highest BCUT2D eigenvalue weighted by Crippen LogP contribution is 2.10. The van der Waals surface area contributed by atoms with E-state index in [0.717, 1.165) is 25.7 Å². The van der Waals surface area contributed by atoms with Crippen LogP contribution in [0.1, 0.15) is 116 Å². The van der Waals surface area contributed by atoms with Gasteiger partial charge in [0.1, 0.15) is 0 Å². The van der Waals surface area contributed by atoms with E-state index in [1.807, 2.05) is 0 Å². The third-order valence-corrected chi connectivity index (χ3v) is 4.23. The lowest BCUT2D eigenvalue weighted by Gasteiger charge is -2.00. The second-order valence-corrected chi connectivity index (χ2v) is 6.51. The van der Waals surface area contributed by atoms with Crippen LogP contribution in [0.5, 0.6) is 0 Å². The van der Waals surface area contributed by atoms with Crippen LogP contribution in [0.3, 0.4) is 0 Å². The molecular weight excluding hydrogens is 264 g/mol. The Morgan fingerprint density at radius 3 is 0.955 bits per heavy atom. The van der Waals surface area contributed by atoms with Crippen LogP contribution in [-0.4, -0.2) is 0 Å². The fourth-order valence-corrected chi connectivity index (χ4v) is 2.72. The molecule has 0 aromatic rings. The summed E-state index contributed by atoms with van der Waals surface area (Å²) in [6, 6.07) is 0. The SMILES string of the molecule is [CH2]CCCCCCCCC#CCCCCCCCCCC[CH2]. The van der Waals surface area contributed by atoms with Crippen molar-refractivity contribution in [1.29, 1.82) is 0 Å². The molecule has 0 aliphatic carbocycles. The Hall–Kier alpha value is -0.440. The van der Waals surface area contributed by atoms with E-state index in [9.17, 15) is 0 Å². The summed E-state index contributed by atoms with van der Waals surface area (Å²) in [4.78, 5) is 0. The van der Waals surface area contributed by atoms with Gasteiger partial charge < -0.3 is 0 Å². The summed E-state index contributed by atoms with van der Waals surface area (Å²) < 4.78 is 0. The molecule has 0 heterocycles. The van der Waals surface area contributed by atoms with Crippen LogP contribution in [0, 0.1) is 25.7 Å². The van der Waals surface area contributed by atoms with Gasteiger partial charge in [0.15, 0.2) is 0 Å². The molecule has 0 amide bonds. The van der Waals surface area contributed by atoms with E-state index in [1.165, 1.54) is 89.9 Å². The van der Waals surface area contributed by atoms with Gasteiger partial charge in [0.05, 0.1) is 0 Å². The van der Waals surface area contributed by atoms with Crippen molar-refractivity contribution >= 4 is 0 Å². The van der Waals surface area contributed by atoms with Crippen LogP contribution < -0.4 is 0 Å². The Balaban J connectivity index is 3.06. The molecule has 0 N–H and O–H groups in total. The molecule has 0 saturated heterocycles. The Morgan fingerprint density at radius 2 is 0.636 bits per heavy atom. The van der Waals surface area contributed by atoms with Gasteiger partial charge in [-0.05, 0) is 12.8 Å². The summed E-state index contributed by atoms with van der Waals surface area (Å²) in [5.41, 5.74) is 0. The second-order valence-electron chi connectivity index (χ2n) is 6.51. The molecule has 0 heteroatoms. The Bertz CT molecular complexity index is 242. The fraction of sp³-hybridized carbons (Fsp3) is 0.818. The van der Waals surface area contributed by atoms with E-state index < -0.39 is 0 Å². The predicted octanol–water partition coefficient (Wildman–Crippen LogP) is 7.68. The molecule has 0 saturated carbocycles. The standard InChI is InChI=1S/C22H40/c1-3-5-7-9-11-13-15-17-19-21-22-20-18-16-14-12-10-8-6-4-2/h1-19,21H2. The topological polar surface area (TPSA) is 0 Å². The second kappa shape index (κ2) is 20.6. The fourth-order valence-electron chi connectivity index (χ4n) is 2.72. The smallest absolute Gasteiger partial charge is 0.00886 e. The van der Waals surface area contributed by atoms with Gasteiger partial charge in [-0.1, -0.05) is 104 Å². The molecule has 128 valence electrons. The molecule has 0 aliphatic rings. The van der Waals surface area contributed by atoms with Crippen LogP contribution in [0.25, 0.3) is 0 Å². The molecule has 0 fully saturated rings. The molecule has 22 heavy (non-hydrogen) atoms. The molecule has 0 unspecified atom stereocenters. The van der Waals surface area contributed by atoms with Crippen LogP contribution >= 0.6 is 0 Å². The zero-order chi connectivity index (χ0) is 16.1. The number of hydrogen-bond acceptors (Lipinski definition) is 0. The maximum absolute atomic E-state index is 3.88. The van der Waals surface area contributed by atoms with Gasteiger partial charge in [0, 0.05) is 12.8 Å². The first kappa shape index (κ1) is 21.6. The van der Waals surface area contributed by atoms with Crippen molar-refractivity contribution in [3.63, 3.8) is 0 Å². The van der Waals surface area contributed by atoms with Gasteiger partial charge >= 0.3 is 0 Å². The molecule has 0 rings (SSSR count). The first-order valence-corrected chi connectivity index (χ1v) is 9.96. The van der Waals surface area contributed by atoms with Crippen molar-refractivity contribution in [1.82, 2.24) is 0 Å². The Morgan fingerprint density at radius 1 is 0.364 bits per heavy atom. The van der Waals surface area contributed by atoms with E-state index in [-0.39, 0.29) is 0 Å². The molecule has 0 nitrogen and oxygen atoms in total. The Kier molecular flexibility index (Phi) is 20.1. The Labute approximate surface area is 141 Å². The van der Waals surface area contributed by atoms with Crippen molar-refractivity contribution < 1.29 is 0 Å². The van der Waals surface area contributed by atoms with Crippen molar-refractivity contribution in [2.24, 2.45) is 0 Å². The van der Waals surface area contributed by atoms with E-state index in [0.29, 0.717) is 0 Å². The van der Waals surface area contributed by atoms with Crippen LogP contribution in [0.2, 0.25) is 0 Å². The van der Waals surface area contributed by atoms with Gasteiger partial charge in [-0.2, -0.15) is 0 Å². The average Bonchev–Trinajstić information content (AvgIpc) is 2.54. The summed E-state index contributed by atoms with van der Waals surface area (Å²) in [6.07, 6.45) is 23.5. The quantitative estimate of drug-likeness (QED) is 0.202. The maximum Gasteiger partial charge on any atom is 0.00886 e. The van der Waals surface area contributed by atoms with Crippen molar-refractivity contribution in [2.45, 2.75) is 116 Å². The van der Waals surface area contributed by atoms with Gasteiger partial charge in [-0.25, -0.2) is 0 Å². The molecule has 0 atom stereocenters. The first-order valence-electron chi connectivity index (χ1n) is 9.96. The highest BCUT2D eigenvalue weighted by Gasteiger charge is 1.91. The molecule has 2 radical (unpaired) electrons. The van der Waals surface area contributed by atoms with Gasteiger partial charge in [-0.15, -0.1) is 11.8 Å². The van der Waals surface area contributed by atoms with E-state index >= 15 is 0 Å². The minimum atomic E-state index is 1.10. The van der Waals surface area contributed by atoms with Crippen LogP contribution in [0.15, 0.2) is 0 Å². The molecular formula is C22H40. The number of unbranched alkanes of at least 4 members (excludes halogenated alkanes) is 16. The largest absolute Gasteiger partial charge is 0.103 e. The summed E-state index contributed by atoms with van der Waals surface area (Å²) in [5.74, 6) is 6.70. The van der Waals surface area contributed by atoms with E-state index in [1.54, 1.807) is 0 Å². The lowest BCUT2D eigenvalue weighted by molar-refractivity contribution is 0.572. The monoisotopic (exact) mass is 304 g/mol. The lowest BCUT2D eigenvalue weighted by atomic mass is 10.1. The highest BCUT2D eigenvalue weighted by molar-refractivity contribution is 4.98. The minimum Gasteiger partial charge on any atom is -0.103 e. The lowest BCUT2D eigenvalue weighted by Crippen LogP contribution is -1.81. The van der Waals surface area contributed by atoms with Crippen molar-refractivity contribution in [3.05, 3.63) is 13.8 Å². The molecule has 0 bridgehead atoms. The summed E-state index contributed by atoms with van der Waals surface area (Å²) >= 11 is 0. The van der Waals surface area contributed by atoms with Crippen molar-refractivity contribution in [2.75, 3.05) is 0 Å². The van der Waals surface area contributed by atoms with Gasteiger partial charge in [-0.3, -0.25) is 0 Å². The summed E-state index contributed by atoms with van der Waals surface area (Å²) in [6.45, 7) is 7.76. The van der Waals surface area contributed by atoms with Gasteiger partial charge in [0.2, 0.25) is 0 Å². The third kappa shape index (κ3) is 19.6. The minimum absolute atomic E-state index is 1.10. The number of rotatable bonds is 16. The van der Waals surface area contributed by atoms with Crippen molar-refractivity contribution in [3.8, 4) is 11.8 Å². The average molecular weight is 305 g/mol. The van der Waals surface area contributed by atoms with Crippen LogP contribution in [0.4, 0.5) is 0 Å². The molecule has 0 spiro atoms. The predicted molar refractivity (Wildman–Crippen MR) is 102 cm³/mol. The summed E-state index contributed by atoms with van der Waals surface area (Å²) in [7, 11) is 0. The molecule has 0 aromatic carbocycles. The van der Waals surface area contributed by atoms with Crippen LogP contribution in [-0.2, 0) is 0 Å². The van der Waals surface area contributed by atoms with E-state index in [4.69, 9.17) is 0 Å². The van der Waals surface area contributed by atoms with E-state index in [2.05, 4.69) is 25.7 Å². The zero-order valence-corrected chi connectivity index (χ0v) is 15.1. The summed E-state index contributed by atoms with van der Waals surface area (Å²) in [5, 5.41) is 0. The number of hydrogen-bond donors (Lipinski definition) is 0. The molecule has 0 aliphatic heterocycles. The van der Waals surface area contributed by atoms with Gasteiger partial charge in [0.25, 0.3) is 0 Å². The maximum atomic E-state index is 3.88. The highest BCUT2D eigenvalue weighted by atomic mass is 14.0.